The van der Waals surface area contributed by atoms with Gasteiger partial charge in [0.25, 0.3) is 5.91 Å². The molecule has 0 aliphatic carbocycles. The summed E-state index contributed by atoms with van der Waals surface area (Å²) in [5, 5.41) is 2.30. The van der Waals surface area contributed by atoms with Crippen LogP contribution in [0.4, 0.5) is 8.78 Å². The van der Waals surface area contributed by atoms with Crippen LogP contribution in [0.3, 0.4) is 0 Å². The lowest BCUT2D eigenvalue weighted by atomic mass is 10.1. The van der Waals surface area contributed by atoms with E-state index in [1.165, 1.54) is 6.07 Å². The molecule has 0 aliphatic rings. The summed E-state index contributed by atoms with van der Waals surface area (Å²) >= 11 is 0. The summed E-state index contributed by atoms with van der Waals surface area (Å²) in [6.45, 7) is 0. The fourth-order valence-corrected chi connectivity index (χ4v) is 3.37. The van der Waals surface area contributed by atoms with Crippen LogP contribution in [-0.2, 0) is 20.3 Å². The lowest BCUT2D eigenvalue weighted by Crippen LogP contribution is -2.42. The van der Waals surface area contributed by atoms with Gasteiger partial charge in [0.05, 0.1) is 23.5 Å². The van der Waals surface area contributed by atoms with Gasteiger partial charge in [-0.25, -0.2) is 13.6 Å². The number of methoxy groups -OCH3 is 1. The van der Waals surface area contributed by atoms with Crippen molar-refractivity contribution in [3.8, 4) is 0 Å². The third-order valence-electron chi connectivity index (χ3n) is 3.59. The van der Waals surface area contributed by atoms with Crippen molar-refractivity contribution in [2.45, 2.75) is 17.4 Å². The Labute approximate surface area is 151 Å². The molecule has 2 rings (SSSR count). The summed E-state index contributed by atoms with van der Waals surface area (Å²) in [4.78, 5) is 24.6. The lowest BCUT2D eigenvalue weighted by Gasteiger charge is -2.16. The number of esters is 1. The zero-order valence-electron chi connectivity index (χ0n) is 13.9. The maximum absolute atomic E-state index is 13.7. The van der Waals surface area contributed by atoms with Gasteiger partial charge in [-0.15, -0.1) is 0 Å². The van der Waals surface area contributed by atoms with E-state index < -0.39 is 45.9 Å². The number of nitrogens with one attached hydrogen (secondary N) is 1. The van der Waals surface area contributed by atoms with E-state index in [-0.39, 0.29) is 12.2 Å². The molecule has 0 unspecified atom stereocenters. The minimum absolute atomic E-state index is 0.0108. The Kier molecular flexibility index (Phi) is 6.97. The molecule has 2 atom stereocenters. The molecule has 0 fully saturated rings. The highest BCUT2D eigenvalue weighted by molar-refractivity contribution is 7.85. The normalized spacial score (nSPS) is 12.9. The van der Waals surface area contributed by atoms with Crippen molar-refractivity contribution in [1.82, 2.24) is 5.32 Å². The fraction of sp³-hybridized carbons (Fsp3) is 0.222. The van der Waals surface area contributed by atoms with Gasteiger partial charge in [-0.3, -0.25) is 9.00 Å². The van der Waals surface area contributed by atoms with Crippen LogP contribution in [0, 0.1) is 11.6 Å². The highest BCUT2D eigenvalue weighted by Gasteiger charge is 2.25. The Morgan fingerprint density at radius 3 is 2.46 bits per heavy atom. The first-order valence-electron chi connectivity index (χ1n) is 7.70. The summed E-state index contributed by atoms with van der Waals surface area (Å²) in [6, 6.07) is 10.7. The van der Waals surface area contributed by atoms with Gasteiger partial charge in [-0.05, 0) is 30.7 Å². The molecule has 1 N–H and O–H groups in total. The molecule has 0 aromatic heterocycles. The quantitative estimate of drug-likeness (QED) is 0.748. The number of carbonyl (C=O) groups is 2. The van der Waals surface area contributed by atoms with Crippen molar-refractivity contribution < 1.29 is 27.3 Å². The number of ether oxygens (including phenoxy) is 1. The molecule has 5 nitrogen and oxygen atoms in total. The van der Waals surface area contributed by atoms with Crippen molar-refractivity contribution in [3.63, 3.8) is 0 Å². The fourth-order valence-electron chi connectivity index (χ4n) is 2.22. The van der Waals surface area contributed by atoms with Gasteiger partial charge < -0.3 is 10.1 Å². The molecule has 1 amide bonds. The topological polar surface area (TPSA) is 72.5 Å². The van der Waals surface area contributed by atoms with Crippen LogP contribution in [0.1, 0.15) is 16.8 Å². The summed E-state index contributed by atoms with van der Waals surface area (Å²) < 4.78 is 43.8. The van der Waals surface area contributed by atoms with E-state index in [0.29, 0.717) is 4.90 Å². The van der Waals surface area contributed by atoms with Gasteiger partial charge >= 0.3 is 5.97 Å². The average molecular weight is 381 g/mol. The third kappa shape index (κ3) is 4.95. The molecule has 2 aromatic carbocycles. The monoisotopic (exact) mass is 381 g/mol. The number of rotatable bonds is 7. The predicted octanol–water partition coefficient (Wildman–Crippen LogP) is 2.43. The second-order valence-electron chi connectivity index (χ2n) is 5.30. The van der Waals surface area contributed by atoms with Crippen molar-refractivity contribution in [1.29, 1.82) is 0 Å². The molecule has 0 spiro atoms. The van der Waals surface area contributed by atoms with Crippen LogP contribution < -0.4 is 5.32 Å². The van der Waals surface area contributed by atoms with Gasteiger partial charge in [-0.2, -0.15) is 0 Å². The molecule has 2 aromatic rings. The molecule has 0 saturated carbocycles. The predicted molar refractivity (Wildman–Crippen MR) is 92.0 cm³/mol. The smallest absolute Gasteiger partial charge is 0.328 e. The molecular formula is C18H17F2NO4S. The van der Waals surface area contributed by atoms with Crippen LogP contribution in [0.25, 0.3) is 0 Å². The summed E-state index contributed by atoms with van der Waals surface area (Å²) in [5.74, 6) is -4.11. The van der Waals surface area contributed by atoms with Gasteiger partial charge in [0.2, 0.25) is 0 Å². The SMILES string of the molecule is COC(=O)[C@H](CC[S@](=O)c1ccccc1)NC(=O)c1cccc(F)c1F. The molecule has 0 saturated heterocycles. The highest BCUT2D eigenvalue weighted by Crippen LogP contribution is 2.13. The van der Waals surface area contributed by atoms with Crippen LogP contribution in [0.2, 0.25) is 0 Å². The Bertz CT molecular complexity index is 814. The van der Waals surface area contributed by atoms with E-state index in [2.05, 4.69) is 10.1 Å². The Morgan fingerprint density at radius 1 is 1.12 bits per heavy atom. The first-order valence-corrected chi connectivity index (χ1v) is 9.02. The van der Waals surface area contributed by atoms with Crippen LogP contribution >= 0.6 is 0 Å². The first kappa shape index (κ1) is 19.7. The van der Waals surface area contributed by atoms with Crippen molar-refractivity contribution in [2.75, 3.05) is 12.9 Å². The largest absolute Gasteiger partial charge is 0.467 e. The number of benzene rings is 2. The Hall–Kier alpha value is -2.61. The molecular weight excluding hydrogens is 364 g/mol. The van der Waals surface area contributed by atoms with E-state index >= 15 is 0 Å². The van der Waals surface area contributed by atoms with E-state index in [0.717, 1.165) is 19.2 Å². The van der Waals surface area contributed by atoms with Crippen LogP contribution in [0.15, 0.2) is 53.4 Å². The minimum atomic E-state index is -1.38. The Morgan fingerprint density at radius 2 is 1.81 bits per heavy atom. The number of amides is 1. The number of hydrogen-bond acceptors (Lipinski definition) is 4. The zero-order valence-corrected chi connectivity index (χ0v) is 14.7. The number of hydrogen-bond donors (Lipinski definition) is 1. The van der Waals surface area contributed by atoms with Crippen LogP contribution in [-0.4, -0.2) is 35.0 Å². The summed E-state index contributed by atoms with van der Waals surface area (Å²) in [6.07, 6.45) is 0.0108. The molecule has 138 valence electrons. The zero-order chi connectivity index (χ0) is 19.1. The molecule has 8 heteroatoms. The van der Waals surface area contributed by atoms with Gasteiger partial charge in [0.15, 0.2) is 11.6 Å². The van der Waals surface area contributed by atoms with E-state index in [9.17, 15) is 22.6 Å². The maximum Gasteiger partial charge on any atom is 0.328 e. The standard InChI is InChI=1S/C18H17F2NO4S/c1-25-18(23)15(10-11-26(24)12-6-3-2-4-7-12)21-17(22)13-8-5-9-14(19)16(13)20/h2-9,15H,10-11H2,1H3,(H,21,22)/t15-,26-/m0/s1. The highest BCUT2D eigenvalue weighted by atomic mass is 32.2. The van der Waals surface area contributed by atoms with Gasteiger partial charge in [0.1, 0.15) is 6.04 Å². The van der Waals surface area contributed by atoms with Gasteiger partial charge in [-0.1, -0.05) is 24.3 Å². The molecule has 0 aliphatic heterocycles. The number of halogens is 2. The van der Waals surface area contributed by atoms with E-state index in [1.54, 1.807) is 30.3 Å². The van der Waals surface area contributed by atoms with E-state index in [4.69, 9.17) is 0 Å². The van der Waals surface area contributed by atoms with Crippen molar-refractivity contribution in [2.24, 2.45) is 0 Å². The Balaban J connectivity index is 2.08. The molecule has 26 heavy (non-hydrogen) atoms. The molecule has 0 bridgehead atoms. The molecule has 0 heterocycles. The first-order chi connectivity index (χ1) is 12.4. The van der Waals surface area contributed by atoms with Crippen molar-refractivity contribution in [3.05, 3.63) is 65.7 Å². The van der Waals surface area contributed by atoms with Gasteiger partial charge in [0, 0.05) is 10.6 Å². The number of carbonyl (C=O) groups excluding carboxylic acids is 2. The minimum Gasteiger partial charge on any atom is -0.467 e. The second-order valence-corrected chi connectivity index (χ2v) is 6.87. The van der Waals surface area contributed by atoms with Crippen molar-refractivity contribution >= 4 is 22.7 Å². The maximum atomic E-state index is 13.7. The second kappa shape index (κ2) is 9.19. The summed E-state index contributed by atoms with van der Waals surface area (Å²) in [7, 11) is -0.246. The average Bonchev–Trinajstić information content (AvgIpc) is 2.66. The lowest BCUT2D eigenvalue weighted by molar-refractivity contribution is -0.142. The molecule has 0 radical (unpaired) electrons. The summed E-state index contributed by atoms with van der Waals surface area (Å²) in [5.41, 5.74) is -0.525. The van der Waals surface area contributed by atoms with Crippen LogP contribution in [0.5, 0.6) is 0 Å². The third-order valence-corrected chi connectivity index (χ3v) is 4.99. The van der Waals surface area contributed by atoms with E-state index in [1.807, 2.05) is 0 Å².